The maximum absolute atomic E-state index is 3.19. The molecule has 93 valence electrons. The van der Waals surface area contributed by atoms with Gasteiger partial charge in [0.15, 0.2) is 0 Å². The van der Waals surface area contributed by atoms with Gasteiger partial charge in [0.1, 0.15) is 0 Å². The van der Waals surface area contributed by atoms with Crippen LogP contribution in [0.5, 0.6) is 0 Å². The summed E-state index contributed by atoms with van der Waals surface area (Å²) in [5.41, 5.74) is 5.30. The molecule has 0 fully saturated rings. The molecule has 1 radical (unpaired) electrons. The van der Waals surface area contributed by atoms with Crippen molar-refractivity contribution in [2.45, 2.75) is 40.5 Å². The molecule has 0 saturated heterocycles. The first-order valence-electron chi connectivity index (χ1n) is 5.10. The van der Waals surface area contributed by atoms with Gasteiger partial charge in [0.25, 0.3) is 0 Å². The Bertz CT molecular complexity index is 302. The van der Waals surface area contributed by atoms with Crippen LogP contribution in [0, 0.1) is 12.2 Å². The number of rotatable bonds is 0. The summed E-state index contributed by atoms with van der Waals surface area (Å²) >= 11 is 0. The summed E-state index contributed by atoms with van der Waals surface area (Å²) in [5.74, 6) is 0. The van der Waals surface area contributed by atoms with Gasteiger partial charge in [-0.3, -0.25) is 12.2 Å². The van der Waals surface area contributed by atoms with Gasteiger partial charge in [-0.15, -0.1) is 0 Å². The maximum atomic E-state index is 3.19. The summed E-state index contributed by atoms with van der Waals surface area (Å²) in [4.78, 5) is 0. The second kappa shape index (κ2) is 11.2. The van der Waals surface area contributed by atoms with Gasteiger partial charge in [0, 0.05) is 0 Å². The van der Waals surface area contributed by atoms with E-state index in [1.807, 2.05) is 0 Å². The fourth-order valence-electron chi connectivity index (χ4n) is 1.49. The zero-order valence-corrected chi connectivity index (χ0v) is 13.7. The van der Waals surface area contributed by atoms with Crippen LogP contribution in [0.25, 0.3) is 0 Å². The third-order valence-electron chi connectivity index (χ3n) is 2.25. The zero-order chi connectivity index (χ0) is 10.6. The largest absolute Gasteiger partial charge is 4.00 e. The van der Waals surface area contributed by atoms with Crippen LogP contribution in [-0.4, -0.2) is 0 Å². The normalized spacial score (nSPS) is 15.8. The van der Waals surface area contributed by atoms with E-state index in [4.69, 9.17) is 0 Å². The SMILES string of the molecule is CC1=[C-]C(C)=CC1.CC1=[C-]C(C)=CC1.[Cl-].[Cl-].[V+4]. The molecule has 0 bridgehead atoms. The van der Waals surface area contributed by atoms with Crippen molar-refractivity contribution in [3.63, 3.8) is 0 Å². The van der Waals surface area contributed by atoms with Gasteiger partial charge in [-0.2, -0.15) is 11.1 Å². The Morgan fingerprint density at radius 2 is 1.06 bits per heavy atom. The smallest absolute Gasteiger partial charge is 1.00 e. The average molecular weight is 308 g/mol. The molecule has 2 aliphatic rings. The first kappa shape index (κ1) is 22.3. The monoisotopic (exact) mass is 307 g/mol. The van der Waals surface area contributed by atoms with E-state index in [0.29, 0.717) is 0 Å². The Morgan fingerprint density at radius 3 is 1.12 bits per heavy atom. The van der Waals surface area contributed by atoms with Gasteiger partial charge in [-0.1, -0.05) is 40.5 Å². The molecule has 3 heteroatoms. The quantitative estimate of drug-likeness (QED) is 0.462. The van der Waals surface area contributed by atoms with Gasteiger partial charge < -0.3 is 24.8 Å². The molecule has 0 aromatic heterocycles. The molecule has 0 atom stereocenters. The van der Waals surface area contributed by atoms with Crippen molar-refractivity contribution >= 4 is 0 Å². The molecule has 0 saturated carbocycles. The molecule has 0 aromatic carbocycles. The van der Waals surface area contributed by atoms with Crippen LogP contribution in [0.4, 0.5) is 0 Å². The molecule has 0 unspecified atom stereocenters. The summed E-state index contributed by atoms with van der Waals surface area (Å²) in [6.45, 7) is 8.37. The van der Waals surface area contributed by atoms with Crippen LogP contribution in [-0.2, 0) is 18.6 Å². The molecule has 0 N–H and O–H groups in total. The minimum atomic E-state index is 0. The van der Waals surface area contributed by atoms with Gasteiger partial charge in [0.2, 0.25) is 0 Å². The Labute approximate surface area is 130 Å². The van der Waals surface area contributed by atoms with E-state index >= 15 is 0 Å². The molecule has 0 amide bonds. The molecule has 0 aromatic rings. The number of hydrogen-bond donors (Lipinski definition) is 0. The fraction of sp³-hybridized carbons (Fsp3) is 0.429. The van der Waals surface area contributed by atoms with Gasteiger partial charge >= 0.3 is 18.6 Å². The Kier molecular flexibility index (Phi) is 14.7. The topological polar surface area (TPSA) is 0 Å². The predicted octanol–water partition coefficient (Wildman–Crippen LogP) is -1.82. The number of allylic oxidation sites excluding steroid dienone is 8. The third kappa shape index (κ3) is 9.79. The molecule has 0 nitrogen and oxygen atoms in total. The van der Waals surface area contributed by atoms with Crippen LogP contribution in [0.2, 0.25) is 0 Å². The van der Waals surface area contributed by atoms with Crippen molar-refractivity contribution in [1.82, 2.24) is 0 Å². The van der Waals surface area contributed by atoms with Crippen LogP contribution in [0.3, 0.4) is 0 Å². The minimum Gasteiger partial charge on any atom is -1.00 e. The first-order chi connectivity index (χ1) is 6.58. The van der Waals surface area contributed by atoms with E-state index in [0.717, 1.165) is 12.8 Å². The Morgan fingerprint density at radius 1 is 0.765 bits per heavy atom. The fourth-order valence-corrected chi connectivity index (χ4v) is 1.49. The first-order valence-corrected chi connectivity index (χ1v) is 5.10. The molecule has 0 heterocycles. The van der Waals surface area contributed by atoms with Crippen LogP contribution >= 0.6 is 0 Å². The molecule has 0 spiro atoms. The van der Waals surface area contributed by atoms with Crippen molar-refractivity contribution in [3.8, 4) is 0 Å². The van der Waals surface area contributed by atoms with Crippen LogP contribution in [0.1, 0.15) is 40.5 Å². The van der Waals surface area contributed by atoms with Crippen LogP contribution in [0.15, 0.2) is 34.4 Å². The summed E-state index contributed by atoms with van der Waals surface area (Å²) in [5, 5.41) is 0. The molecule has 17 heavy (non-hydrogen) atoms. The number of hydrogen-bond acceptors (Lipinski definition) is 0. The van der Waals surface area contributed by atoms with Crippen molar-refractivity contribution in [2.24, 2.45) is 0 Å². The Hall–Kier alpha value is 0.124. The molecule has 0 aliphatic heterocycles. The van der Waals surface area contributed by atoms with E-state index in [9.17, 15) is 0 Å². The summed E-state index contributed by atoms with van der Waals surface area (Å²) in [7, 11) is 0. The second-order valence-corrected chi connectivity index (χ2v) is 3.99. The number of halogens is 2. The second-order valence-electron chi connectivity index (χ2n) is 3.99. The molecular weight excluding hydrogens is 290 g/mol. The van der Waals surface area contributed by atoms with Crippen molar-refractivity contribution in [1.29, 1.82) is 0 Å². The maximum Gasteiger partial charge on any atom is 4.00 e. The van der Waals surface area contributed by atoms with E-state index in [1.54, 1.807) is 0 Å². The van der Waals surface area contributed by atoms with Gasteiger partial charge in [-0.25, -0.2) is 23.3 Å². The van der Waals surface area contributed by atoms with Gasteiger partial charge in [-0.05, 0) is 0 Å². The van der Waals surface area contributed by atoms with Crippen molar-refractivity contribution in [3.05, 3.63) is 46.6 Å². The standard InChI is InChI=1S/2C7H9.2ClH.V/c2*1-6-3-4-7(2)5-6;;;/h2*3H,4H2,1-2H3;2*1H;/q2*-1;;;+4/p-2. The minimum absolute atomic E-state index is 0. The van der Waals surface area contributed by atoms with E-state index in [1.165, 1.54) is 22.3 Å². The van der Waals surface area contributed by atoms with Crippen molar-refractivity contribution in [2.75, 3.05) is 0 Å². The predicted molar refractivity (Wildman–Crippen MR) is 61.6 cm³/mol. The average Bonchev–Trinajstić information content (AvgIpc) is 2.63. The summed E-state index contributed by atoms with van der Waals surface area (Å²) < 4.78 is 0. The molecule has 2 rings (SSSR count). The van der Waals surface area contributed by atoms with Gasteiger partial charge in [0.05, 0.1) is 0 Å². The summed E-state index contributed by atoms with van der Waals surface area (Å²) in [6, 6.07) is 0. The zero-order valence-electron chi connectivity index (χ0n) is 10.8. The van der Waals surface area contributed by atoms with Crippen molar-refractivity contribution < 1.29 is 43.4 Å². The van der Waals surface area contributed by atoms with E-state index < -0.39 is 0 Å². The third-order valence-corrected chi connectivity index (χ3v) is 2.25. The molecular formula is C14H18Cl2V. The molecule has 2 aliphatic carbocycles. The Balaban J connectivity index is -0.000000196. The van der Waals surface area contributed by atoms with E-state index in [2.05, 4.69) is 52.0 Å². The summed E-state index contributed by atoms with van der Waals surface area (Å²) in [6.07, 6.45) is 13.0. The van der Waals surface area contributed by atoms with E-state index in [-0.39, 0.29) is 43.4 Å². The van der Waals surface area contributed by atoms with Crippen LogP contribution < -0.4 is 24.8 Å².